The minimum absolute atomic E-state index is 0.00890. The average Bonchev–Trinajstić information content (AvgIpc) is 3.18. The Hall–Kier alpha value is -3.37. The van der Waals surface area contributed by atoms with Crippen LogP contribution in [0.3, 0.4) is 0 Å². The van der Waals surface area contributed by atoms with Gasteiger partial charge in [0.2, 0.25) is 0 Å². The van der Waals surface area contributed by atoms with Crippen LogP contribution in [-0.2, 0) is 6.54 Å². The third-order valence-electron chi connectivity index (χ3n) is 5.80. The molecule has 174 valence electrons. The molecule has 4 rings (SSSR count). The van der Waals surface area contributed by atoms with Crippen molar-refractivity contribution in [1.82, 2.24) is 19.9 Å². The van der Waals surface area contributed by atoms with Crippen LogP contribution in [0.15, 0.2) is 36.4 Å². The number of piperazine rings is 1. The summed E-state index contributed by atoms with van der Waals surface area (Å²) in [7, 11) is 3.23. The molecule has 2 aromatic carbocycles. The van der Waals surface area contributed by atoms with E-state index in [-0.39, 0.29) is 5.69 Å². The van der Waals surface area contributed by atoms with Gasteiger partial charge in [0.25, 0.3) is 5.69 Å². The number of rotatable bonds is 7. The van der Waals surface area contributed by atoms with Gasteiger partial charge in [0.15, 0.2) is 5.69 Å². The summed E-state index contributed by atoms with van der Waals surface area (Å²) in [5.74, 6) is 1.30. The number of halogens is 1. The Morgan fingerprint density at radius 1 is 1.09 bits per heavy atom. The fourth-order valence-corrected chi connectivity index (χ4v) is 4.30. The van der Waals surface area contributed by atoms with Crippen molar-refractivity contribution in [2.75, 3.05) is 45.3 Å². The van der Waals surface area contributed by atoms with Gasteiger partial charge in [-0.15, -0.1) is 5.10 Å². The summed E-state index contributed by atoms with van der Waals surface area (Å²) < 4.78 is 12.9. The van der Waals surface area contributed by atoms with Gasteiger partial charge in [-0.3, -0.25) is 15.0 Å². The van der Waals surface area contributed by atoms with E-state index in [0.29, 0.717) is 23.1 Å². The number of hydrogen-bond acceptors (Lipinski definition) is 8. The topological polar surface area (TPSA) is 98.8 Å². The molecule has 0 radical (unpaired) electrons. The summed E-state index contributed by atoms with van der Waals surface area (Å²) in [6, 6.07) is 10.2. The van der Waals surface area contributed by atoms with E-state index in [1.807, 2.05) is 25.1 Å². The van der Waals surface area contributed by atoms with Crippen LogP contribution in [0.5, 0.6) is 11.5 Å². The third kappa shape index (κ3) is 4.57. The molecule has 2 heterocycles. The Balaban J connectivity index is 1.51. The Morgan fingerprint density at radius 3 is 2.33 bits per heavy atom. The van der Waals surface area contributed by atoms with Crippen molar-refractivity contribution < 1.29 is 14.4 Å². The van der Waals surface area contributed by atoms with Crippen LogP contribution in [0.1, 0.15) is 11.4 Å². The molecule has 0 amide bonds. The standard InChI is InChI=1S/C22H25ClN6O4/c1-15-19(28(25-24-15)22-20(32-2)5-4-6-21(22)33-3)14-26-9-11-27(12-10-26)18-8-7-16(29(30)31)13-17(18)23/h4-8,13H,9-12,14H2,1-3H3. The van der Waals surface area contributed by atoms with Gasteiger partial charge in [-0.1, -0.05) is 22.9 Å². The minimum Gasteiger partial charge on any atom is -0.494 e. The van der Waals surface area contributed by atoms with Gasteiger partial charge in [0.05, 0.1) is 41.2 Å². The second-order valence-corrected chi connectivity index (χ2v) is 8.11. The van der Waals surface area contributed by atoms with Crippen LogP contribution in [0.2, 0.25) is 5.02 Å². The normalized spacial score (nSPS) is 14.4. The highest BCUT2D eigenvalue weighted by atomic mass is 35.5. The molecule has 1 saturated heterocycles. The van der Waals surface area contributed by atoms with Crippen molar-refractivity contribution in [3.63, 3.8) is 0 Å². The van der Waals surface area contributed by atoms with E-state index in [1.165, 1.54) is 12.1 Å². The molecule has 33 heavy (non-hydrogen) atoms. The van der Waals surface area contributed by atoms with Gasteiger partial charge in [-0.05, 0) is 25.1 Å². The fourth-order valence-electron chi connectivity index (χ4n) is 4.00. The Labute approximate surface area is 196 Å². The number of hydrogen-bond donors (Lipinski definition) is 0. The van der Waals surface area contributed by atoms with Gasteiger partial charge in [0.1, 0.15) is 11.5 Å². The van der Waals surface area contributed by atoms with Crippen molar-refractivity contribution in [3.05, 3.63) is 62.9 Å². The first-order chi connectivity index (χ1) is 15.9. The number of nitro benzene ring substituents is 1. The van der Waals surface area contributed by atoms with Crippen molar-refractivity contribution in [1.29, 1.82) is 0 Å². The predicted molar refractivity (Wildman–Crippen MR) is 125 cm³/mol. The Morgan fingerprint density at radius 2 is 1.76 bits per heavy atom. The minimum atomic E-state index is -0.441. The molecule has 1 aliphatic heterocycles. The summed E-state index contributed by atoms with van der Waals surface area (Å²) in [6.45, 7) is 5.67. The predicted octanol–water partition coefficient (Wildman–Crippen LogP) is 3.48. The second kappa shape index (κ2) is 9.63. The van der Waals surface area contributed by atoms with Crippen LogP contribution in [0.25, 0.3) is 5.69 Å². The summed E-state index contributed by atoms with van der Waals surface area (Å²) in [4.78, 5) is 15.0. The summed E-state index contributed by atoms with van der Waals surface area (Å²) in [5.41, 5.74) is 3.31. The van der Waals surface area contributed by atoms with Gasteiger partial charge in [0, 0.05) is 44.9 Å². The summed E-state index contributed by atoms with van der Waals surface area (Å²) in [5, 5.41) is 20.0. The molecule has 11 heteroatoms. The number of aryl methyl sites for hydroxylation is 1. The molecule has 0 N–H and O–H groups in total. The van der Waals surface area contributed by atoms with Crippen LogP contribution < -0.4 is 14.4 Å². The molecular weight excluding hydrogens is 448 g/mol. The first kappa shape index (κ1) is 22.8. The van der Waals surface area contributed by atoms with E-state index < -0.39 is 4.92 Å². The van der Waals surface area contributed by atoms with Crippen LogP contribution in [0, 0.1) is 17.0 Å². The highest BCUT2D eigenvalue weighted by Gasteiger charge is 2.24. The SMILES string of the molecule is COc1cccc(OC)c1-n1nnc(C)c1CN1CCN(c2ccc([N+](=O)[O-])cc2Cl)CC1. The molecule has 0 aliphatic carbocycles. The van der Waals surface area contributed by atoms with Crippen molar-refractivity contribution >= 4 is 23.0 Å². The lowest BCUT2D eigenvalue weighted by molar-refractivity contribution is -0.384. The summed E-state index contributed by atoms with van der Waals surface area (Å²) in [6.07, 6.45) is 0. The third-order valence-corrected chi connectivity index (χ3v) is 6.10. The number of ether oxygens (including phenoxy) is 2. The maximum atomic E-state index is 11.0. The van der Waals surface area contributed by atoms with Gasteiger partial charge in [-0.2, -0.15) is 0 Å². The van der Waals surface area contributed by atoms with Gasteiger partial charge in [-0.25, -0.2) is 4.68 Å². The number of methoxy groups -OCH3 is 2. The molecule has 10 nitrogen and oxygen atoms in total. The molecule has 1 aliphatic rings. The zero-order valence-corrected chi connectivity index (χ0v) is 19.4. The average molecular weight is 473 g/mol. The molecule has 0 bridgehead atoms. The van der Waals surface area contributed by atoms with Crippen molar-refractivity contribution in [2.24, 2.45) is 0 Å². The quantitative estimate of drug-likeness (QED) is 0.380. The number of anilines is 1. The Kier molecular flexibility index (Phi) is 6.66. The highest BCUT2D eigenvalue weighted by molar-refractivity contribution is 6.33. The zero-order chi connectivity index (χ0) is 23.5. The van der Waals surface area contributed by atoms with E-state index in [2.05, 4.69) is 20.1 Å². The van der Waals surface area contributed by atoms with E-state index in [9.17, 15) is 10.1 Å². The molecular formula is C22H25ClN6O4. The zero-order valence-electron chi connectivity index (χ0n) is 18.7. The molecule has 0 atom stereocenters. The number of benzene rings is 2. The van der Waals surface area contributed by atoms with E-state index in [4.69, 9.17) is 21.1 Å². The monoisotopic (exact) mass is 472 g/mol. The lowest BCUT2D eigenvalue weighted by atomic mass is 10.2. The summed E-state index contributed by atoms with van der Waals surface area (Å²) >= 11 is 6.32. The lowest BCUT2D eigenvalue weighted by Crippen LogP contribution is -2.46. The number of nitro groups is 1. The van der Waals surface area contributed by atoms with Crippen molar-refractivity contribution in [3.8, 4) is 17.2 Å². The maximum Gasteiger partial charge on any atom is 0.271 e. The molecule has 1 aromatic heterocycles. The smallest absolute Gasteiger partial charge is 0.271 e. The van der Waals surface area contributed by atoms with Gasteiger partial charge >= 0.3 is 0 Å². The number of para-hydroxylation sites is 1. The number of aromatic nitrogens is 3. The van der Waals surface area contributed by atoms with E-state index in [1.54, 1.807) is 25.0 Å². The van der Waals surface area contributed by atoms with Gasteiger partial charge < -0.3 is 14.4 Å². The van der Waals surface area contributed by atoms with Crippen LogP contribution >= 0.6 is 11.6 Å². The molecule has 1 fully saturated rings. The molecule has 0 unspecified atom stereocenters. The molecule has 0 saturated carbocycles. The highest BCUT2D eigenvalue weighted by Crippen LogP contribution is 2.34. The first-order valence-electron chi connectivity index (χ1n) is 10.5. The second-order valence-electron chi connectivity index (χ2n) is 7.70. The number of nitrogens with zero attached hydrogens (tertiary/aromatic N) is 6. The van der Waals surface area contributed by atoms with E-state index in [0.717, 1.165) is 48.9 Å². The largest absolute Gasteiger partial charge is 0.494 e. The van der Waals surface area contributed by atoms with Crippen molar-refractivity contribution in [2.45, 2.75) is 13.5 Å². The fraction of sp³-hybridized carbons (Fsp3) is 0.364. The van der Waals surface area contributed by atoms with Crippen LogP contribution in [0.4, 0.5) is 11.4 Å². The number of non-ortho nitro benzene ring substituents is 1. The maximum absolute atomic E-state index is 11.0. The molecule has 0 spiro atoms. The first-order valence-corrected chi connectivity index (χ1v) is 10.8. The lowest BCUT2D eigenvalue weighted by Gasteiger charge is -2.36. The van der Waals surface area contributed by atoms with E-state index >= 15 is 0 Å². The van der Waals surface area contributed by atoms with Crippen LogP contribution in [-0.4, -0.2) is 65.2 Å². The Bertz CT molecular complexity index is 1140. The molecule has 3 aromatic rings.